The fraction of sp³-hybridized carbons (Fsp3) is 1.00. The fourth-order valence-electron chi connectivity index (χ4n) is 3.51. The molecule has 2 unspecified atom stereocenters. The lowest BCUT2D eigenvalue weighted by Crippen LogP contribution is -2.57. The second-order valence-electron chi connectivity index (χ2n) is 6.46. The number of nitrogens with zero attached hydrogens (tertiary/aromatic N) is 2. The summed E-state index contributed by atoms with van der Waals surface area (Å²) >= 11 is 0. The smallest absolute Gasteiger partial charge is 0.0137 e. The van der Waals surface area contributed by atoms with Crippen LogP contribution in [0.15, 0.2) is 0 Å². The van der Waals surface area contributed by atoms with Gasteiger partial charge in [-0.1, -0.05) is 6.92 Å². The van der Waals surface area contributed by atoms with E-state index in [1.807, 2.05) is 0 Å². The zero-order chi connectivity index (χ0) is 12.4. The van der Waals surface area contributed by atoms with Gasteiger partial charge in [-0.3, -0.25) is 4.90 Å². The number of hydrogen-bond acceptors (Lipinski definition) is 3. The maximum Gasteiger partial charge on any atom is 0.0137 e. The largest absolute Gasteiger partial charge is 0.314 e. The average Bonchev–Trinajstić information content (AvgIpc) is 3.15. The molecule has 1 aliphatic heterocycles. The van der Waals surface area contributed by atoms with Crippen LogP contribution in [0.4, 0.5) is 0 Å². The Balaban J connectivity index is 1.38. The monoisotopic (exact) mass is 251 g/mol. The molecular formula is C15H29N3. The molecule has 1 heterocycles. The molecule has 3 heteroatoms. The van der Waals surface area contributed by atoms with Gasteiger partial charge in [0.05, 0.1) is 0 Å². The standard InChI is InChI=1S/C15H29N3/c1-2-7-17-8-10-18(11-9-17)15-6-3-13(15)12-16-14-4-5-14/h13-16H,2-12H2,1H3. The van der Waals surface area contributed by atoms with E-state index in [4.69, 9.17) is 0 Å². The third-order valence-corrected chi connectivity index (χ3v) is 5.04. The van der Waals surface area contributed by atoms with Gasteiger partial charge in [0.15, 0.2) is 0 Å². The van der Waals surface area contributed by atoms with E-state index in [1.54, 1.807) is 0 Å². The number of piperazine rings is 1. The molecule has 18 heavy (non-hydrogen) atoms. The minimum absolute atomic E-state index is 0.882. The average molecular weight is 251 g/mol. The molecule has 3 fully saturated rings. The molecule has 1 saturated heterocycles. The molecule has 0 bridgehead atoms. The third-order valence-electron chi connectivity index (χ3n) is 5.04. The Morgan fingerprint density at radius 3 is 2.33 bits per heavy atom. The van der Waals surface area contributed by atoms with Gasteiger partial charge in [0.25, 0.3) is 0 Å². The maximum atomic E-state index is 3.72. The maximum absolute atomic E-state index is 3.72. The van der Waals surface area contributed by atoms with E-state index in [9.17, 15) is 0 Å². The van der Waals surface area contributed by atoms with Crippen molar-refractivity contribution in [2.45, 2.75) is 51.1 Å². The van der Waals surface area contributed by atoms with Gasteiger partial charge in [-0.2, -0.15) is 0 Å². The van der Waals surface area contributed by atoms with Crippen LogP contribution in [0.2, 0.25) is 0 Å². The van der Waals surface area contributed by atoms with Gasteiger partial charge in [0, 0.05) is 38.3 Å². The molecule has 0 amide bonds. The van der Waals surface area contributed by atoms with Crippen LogP contribution in [-0.4, -0.2) is 61.2 Å². The molecule has 3 aliphatic rings. The highest BCUT2D eigenvalue weighted by Crippen LogP contribution is 2.33. The summed E-state index contributed by atoms with van der Waals surface area (Å²) in [5.41, 5.74) is 0. The highest BCUT2D eigenvalue weighted by atomic mass is 15.3. The van der Waals surface area contributed by atoms with Gasteiger partial charge in [0.2, 0.25) is 0 Å². The van der Waals surface area contributed by atoms with Crippen molar-refractivity contribution in [1.82, 2.24) is 15.1 Å². The first-order valence-electron chi connectivity index (χ1n) is 8.06. The minimum Gasteiger partial charge on any atom is -0.314 e. The van der Waals surface area contributed by atoms with Crippen LogP contribution in [-0.2, 0) is 0 Å². The topological polar surface area (TPSA) is 18.5 Å². The highest BCUT2D eigenvalue weighted by molar-refractivity contribution is 4.93. The molecule has 3 nitrogen and oxygen atoms in total. The SMILES string of the molecule is CCCN1CCN(C2CCC2CNC2CC2)CC1. The van der Waals surface area contributed by atoms with Crippen LogP contribution in [0.1, 0.15) is 39.0 Å². The molecule has 2 atom stereocenters. The van der Waals surface area contributed by atoms with Crippen molar-refractivity contribution in [2.24, 2.45) is 5.92 Å². The van der Waals surface area contributed by atoms with Crippen molar-refractivity contribution in [2.75, 3.05) is 39.3 Å². The summed E-state index contributed by atoms with van der Waals surface area (Å²) in [6.07, 6.45) is 7.06. The second-order valence-corrected chi connectivity index (χ2v) is 6.46. The Morgan fingerprint density at radius 1 is 1.00 bits per heavy atom. The zero-order valence-corrected chi connectivity index (χ0v) is 11.9. The molecule has 0 aromatic heterocycles. The molecule has 104 valence electrons. The van der Waals surface area contributed by atoms with Crippen LogP contribution >= 0.6 is 0 Å². The Kier molecular flexibility index (Phi) is 4.22. The van der Waals surface area contributed by atoms with Gasteiger partial charge < -0.3 is 10.2 Å². The van der Waals surface area contributed by atoms with Gasteiger partial charge in [-0.15, -0.1) is 0 Å². The number of nitrogens with one attached hydrogen (secondary N) is 1. The zero-order valence-electron chi connectivity index (χ0n) is 11.9. The first kappa shape index (κ1) is 12.9. The van der Waals surface area contributed by atoms with E-state index in [1.165, 1.54) is 71.4 Å². The summed E-state index contributed by atoms with van der Waals surface area (Å²) < 4.78 is 0. The fourth-order valence-corrected chi connectivity index (χ4v) is 3.51. The van der Waals surface area contributed by atoms with Crippen molar-refractivity contribution in [3.8, 4) is 0 Å². The summed E-state index contributed by atoms with van der Waals surface area (Å²) in [4.78, 5) is 5.40. The molecule has 0 aromatic rings. The normalized spacial score (nSPS) is 34.5. The van der Waals surface area contributed by atoms with E-state index in [-0.39, 0.29) is 0 Å². The van der Waals surface area contributed by atoms with E-state index in [0.717, 1.165) is 18.0 Å². The van der Waals surface area contributed by atoms with Gasteiger partial charge in [0.1, 0.15) is 0 Å². The molecule has 0 radical (unpaired) electrons. The molecular weight excluding hydrogens is 222 g/mol. The molecule has 2 aliphatic carbocycles. The summed E-state index contributed by atoms with van der Waals surface area (Å²) in [5.74, 6) is 0.948. The van der Waals surface area contributed by atoms with Crippen molar-refractivity contribution in [3.63, 3.8) is 0 Å². The van der Waals surface area contributed by atoms with Gasteiger partial charge in [-0.05, 0) is 51.1 Å². The summed E-state index contributed by atoms with van der Waals surface area (Å²) in [5, 5.41) is 3.72. The first-order valence-corrected chi connectivity index (χ1v) is 8.06. The summed E-state index contributed by atoms with van der Waals surface area (Å²) in [6, 6.07) is 1.78. The Morgan fingerprint density at radius 2 is 1.78 bits per heavy atom. The molecule has 1 N–H and O–H groups in total. The lowest BCUT2D eigenvalue weighted by Gasteiger charge is -2.48. The predicted octanol–water partition coefficient (Wildman–Crippen LogP) is 1.54. The second kappa shape index (κ2) is 5.89. The Bertz CT molecular complexity index is 256. The molecule has 2 saturated carbocycles. The van der Waals surface area contributed by atoms with Gasteiger partial charge >= 0.3 is 0 Å². The molecule has 0 spiro atoms. The Labute approximate surface area is 112 Å². The van der Waals surface area contributed by atoms with Crippen molar-refractivity contribution < 1.29 is 0 Å². The van der Waals surface area contributed by atoms with Crippen molar-refractivity contribution in [3.05, 3.63) is 0 Å². The Hall–Kier alpha value is -0.120. The quantitative estimate of drug-likeness (QED) is 0.772. The van der Waals surface area contributed by atoms with E-state index < -0.39 is 0 Å². The third kappa shape index (κ3) is 3.06. The van der Waals surface area contributed by atoms with Gasteiger partial charge in [-0.25, -0.2) is 0 Å². The predicted molar refractivity (Wildman–Crippen MR) is 75.8 cm³/mol. The van der Waals surface area contributed by atoms with Crippen molar-refractivity contribution >= 4 is 0 Å². The summed E-state index contributed by atoms with van der Waals surface area (Å²) in [6.45, 7) is 10.1. The highest BCUT2D eigenvalue weighted by Gasteiger charge is 2.37. The van der Waals surface area contributed by atoms with Crippen LogP contribution in [0, 0.1) is 5.92 Å². The van der Waals surface area contributed by atoms with E-state index in [2.05, 4.69) is 22.0 Å². The van der Waals surface area contributed by atoms with Crippen LogP contribution in [0.5, 0.6) is 0 Å². The molecule has 3 rings (SSSR count). The van der Waals surface area contributed by atoms with E-state index in [0.29, 0.717) is 0 Å². The van der Waals surface area contributed by atoms with Crippen LogP contribution in [0.25, 0.3) is 0 Å². The van der Waals surface area contributed by atoms with E-state index >= 15 is 0 Å². The minimum atomic E-state index is 0.882. The van der Waals surface area contributed by atoms with Crippen LogP contribution in [0.3, 0.4) is 0 Å². The first-order chi connectivity index (χ1) is 8.86. The number of hydrogen-bond donors (Lipinski definition) is 1. The lowest BCUT2D eigenvalue weighted by atomic mass is 9.78. The van der Waals surface area contributed by atoms with Crippen molar-refractivity contribution in [1.29, 1.82) is 0 Å². The number of rotatable bonds is 6. The van der Waals surface area contributed by atoms with Crippen LogP contribution < -0.4 is 5.32 Å². The summed E-state index contributed by atoms with van der Waals surface area (Å²) in [7, 11) is 0. The molecule has 0 aromatic carbocycles. The lowest BCUT2D eigenvalue weighted by molar-refractivity contribution is 0.0210.